The van der Waals surface area contributed by atoms with Crippen LogP contribution in [0.4, 0.5) is 0 Å². The molecule has 0 N–H and O–H groups in total. The van der Waals surface area contributed by atoms with Gasteiger partial charge in [0, 0.05) is 30.9 Å². The average molecular weight is 418 g/mol. The van der Waals surface area contributed by atoms with Crippen molar-refractivity contribution in [2.75, 3.05) is 20.1 Å². The van der Waals surface area contributed by atoms with Gasteiger partial charge in [-0.3, -0.25) is 4.79 Å². The van der Waals surface area contributed by atoms with E-state index in [2.05, 4.69) is 0 Å². The van der Waals surface area contributed by atoms with E-state index in [1.165, 1.54) is 28.6 Å². The van der Waals surface area contributed by atoms with E-state index in [9.17, 15) is 13.2 Å². The maximum absolute atomic E-state index is 12.9. The van der Waals surface area contributed by atoms with Gasteiger partial charge in [0.05, 0.1) is 22.6 Å². The smallest absolute Gasteiger partial charge is 0.243 e. The van der Waals surface area contributed by atoms with Crippen molar-refractivity contribution in [3.63, 3.8) is 0 Å². The van der Waals surface area contributed by atoms with E-state index in [-0.39, 0.29) is 22.8 Å². The molecule has 6 nitrogen and oxygen atoms in total. The second-order valence-electron chi connectivity index (χ2n) is 6.96. The van der Waals surface area contributed by atoms with E-state index in [4.69, 9.17) is 5.26 Å². The molecule has 1 unspecified atom stereocenters. The lowest BCUT2D eigenvalue weighted by Crippen LogP contribution is -2.43. The summed E-state index contributed by atoms with van der Waals surface area (Å²) >= 11 is 1.63. The molecule has 1 fully saturated rings. The molecule has 0 radical (unpaired) electrons. The molecule has 1 aliphatic rings. The highest BCUT2D eigenvalue weighted by atomic mass is 32.2. The summed E-state index contributed by atoms with van der Waals surface area (Å²) < 4.78 is 27.1. The van der Waals surface area contributed by atoms with Gasteiger partial charge in [0.25, 0.3) is 0 Å². The summed E-state index contributed by atoms with van der Waals surface area (Å²) in [7, 11) is -1.80. The zero-order valence-electron chi connectivity index (χ0n) is 15.9. The second kappa shape index (κ2) is 8.43. The van der Waals surface area contributed by atoms with Crippen molar-refractivity contribution in [2.24, 2.45) is 5.92 Å². The molecular weight excluding hydrogens is 394 g/mol. The maximum atomic E-state index is 12.9. The van der Waals surface area contributed by atoms with Crippen LogP contribution >= 0.6 is 11.3 Å². The first kappa shape index (κ1) is 20.5. The number of piperidine rings is 1. The van der Waals surface area contributed by atoms with Gasteiger partial charge in [-0.05, 0) is 55.5 Å². The van der Waals surface area contributed by atoms with Crippen LogP contribution in [-0.2, 0) is 14.8 Å². The van der Waals surface area contributed by atoms with Gasteiger partial charge in [0.15, 0.2) is 0 Å². The fraction of sp³-hybridized carbons (Fsp3) is 0.400. The third-order valence-corrected chi connectivity index (χ3v) is 8.26. The summed E-state index contributed by atoms with van der Waals surface area (Å²) in [6.45, 7) is 2.65. The lowest BCUT2D eigenvalue weighted by atomic mass is 9.96. The first-order chi connectivity index (χ1) is 13.3. The minimum absolute atomic E-state index is 0.00733. The monoisotopic (exact) mass is 417 g/mol. The molecule has 0 bridgehead atoms. The Balaban J connectivity index is 1.63. The van der Waals surface area contributed by atoms with Gasteiger partial charge < -0.3 is 4.90 Å². The van der Waals surface area contributed by atoms with Gasteiger partial charge in [-0.15, -0.1) is 11.3 Å². The molecule has 1 saturated heterocycles. The highest BCUT2D eigenvalue weighted by Gasteiger charge is 2.34. The Hall–Kier alpha value is -2.21. The van der Waals surface area contributed by atoms with Gasteiger partial charge in [-0.1, -0.05) is 6.07 Å². The maximum Gasteiger partial charge on any atom is 0.243 e. The lowest BCUT2D eigenvalue weighted by Gasteiger charge is -2.34. The number of hydrogen-bond acceptors (Lipinski definition) is 5. The molecule has 28 heavy (non-hydrogen) atoms. The molecule has 1 aromatic carbocycles. The largest absolute Gasteiger partial charge is 0.338 e. The van der Waals surface area contributed by atoms with E-state index in [0.717, 1.165) is 4.88 Å². The number of nitriles is 1. The predicted octanol–water partition coefficient (Wildman–Crippen LogP) is 3.24. The third kappa shape index (κ3) is 4.12. The Morgan fingerprint density at radius 3 is 2.43 bits per heavy atom. The molecule has 0 spiro atoms. The van der Waals surface area contributed by atoms with Crippen LogP contribution in [-0.4, -0.2) is 43.7 Å². The third-order valence-electron chi connectivity index (χ3n) is 5.31. The topological polar surface area (TPSA) is 81.5 Å². The molecule has 2 heterocycles. The normalized spacial score (nSPS) is 17.0. The second-order valence-corrected chi connectivity index (χ2v) is 9.87. The standard InChI is InChI=1S/C20H23N3O3S2/c1-15(19-4-3-13-27-19)22(2)20(24)17-9-11-23(12-10-17)28(25,26)18-7-5-16(14-21)6-8-18/h3-8,13,15,17H,9-12H2,1-2H3. The fourth-order valence-electron chi connectivity index (χ4n) is 3.39. The Morgan fingerprint density at radius 2 is 1.89 bits per heavy atom. The van der Waals surface area contributed by atoms with Crippen LogP contribution in [0, 0.1) is 17.2 Å². The Labute approximate surface area is 170 Å². The van der Waals surface area contributed by atoms with Crippen LogP contribution in [0.3, 0.4) is 0 Å². The Morgan fingerprint density at radius 1 is 1.25 bits per heavy atom. The van der Waals surface area contributed by atoms with Crippen LogP contribution in [0.15, 0.2) is 46.7 Å². The van der Waals surface area contributed by atoms with E-state index in [0.29, 0.717) is 31.5 Å². The number of hydrogen-bond donors (Lipinski definition) is 0. The highest BCUT2D eigenvalue weighted by molar-refractivity contribution is 7.89. The minimum atomic E-state index is -3.61. The SMILES string of the molecule is CC(c1cccs1)N(C)C(=O)C1CCN(S(=O)(=O)c2ccc(C#N)cc2)CC1. The number of sulfonamides is 1. The first-order valence-electron chi connectivity index (χ1n) is 9.15. The van der Waals surface area contributed by atoms with Crippen LogP contribution in [0.25, 0.3) is 0 Å². The molecule has 0 aliphatic carbocycles. The van der Waals surface area contributed by atoms with Crippen LogP contribution in [0.2, 0.25) is 0 Å². The quantitative estimate of drug-likeness (QED) is 0.748. The first-order valence-corrected chi connectivity index (χ1v) is 11.5. The van der Waals surface area contributed by atoms with Gasteiger partial charge in [0.2, 0.25) is 15.9 Å². The molecule has 1 aromatic heterocycles. The van der Waals surface area contributed by atoms with E-state index in [1.807, 2.05) is 37.6 Å². The van der Waals surface area contributed by atoms with Crippen LogP contribution in [0.1, 0.15) is 36.2 Å². The molecule has 1 amide bonds. The lowest BCUT2D eigenvalue weighted by molar-refractivity contribution is -0.137. The highest BCUT2D eigenvalue weighted by Crippen LogP contribution is 2.29. The van der Waals surface area contributed by atoms with E-state index in [1.54, 1.807) is 16.2 Å². The van der Waals surface area contributed by atoms with E-state index < -0.39 is 10.0 Å². The summed E-state index contributed by atoms with van der Waals surface area (Å²) in [6.07, 6.45) is 1.02. The molecule has 8 heteroatoms. The zero-order chi connectivity index (χ0) is 20.3. The van der Waals surface area contributed by atoms with Crippen molar-refractivity contribution in [2.45, 2.75) is 30.7 Å². The van der Waals surface area contributed by atoms with Gasteiger partial charge >= 0.3 is 0 Å². The Kier molecular flexibility index (Phi) is 6.18. The van der Waals surface area contributed by atoms with Crippen molar-refractivity contribution in [3.05, 3.63) is 52.2 Å². The molecule has 1 aliphatic heterocycles. The fourth-order valence-corrected chi connectivity index (χ4v) is 5.69. The number of carbonyl (C=O) groups is 1. The summed E-state index contributed by atoms with van der Waals surface area (Å²) in [4.78, 5) is 15.9. The summed E-state index contributed by atoms with van der Waals surface area (Å²) in [5.74, 6) is -0.101. The average Bonchev–Trinajstić information content (AvgIpc) is 3.27. The number of thiophene rings is 1. The zero-order valence-corrected chi connectivity index (χ0v) is 17.5. The molecule has 3 rings (SSSR count). The molecule has 1 atom stereocenters. The summed E-state index contributed by atoms with van der Waals surface area (Å²) in [6, 6.07) is 11.9. The molecule has 148 valence electrons. The van der Waals surface area contributed by atoms with Crippen LogP contribution < -0.4 is 0 Å². The molecule has 0 saturated carbocycles. The molecule has 2 aromatic rings. The van der Waals surface area contributed by atoms with Crippen molar-refractivity contribution < 1.29 is 13.2 Å². The van der Waals surface area contributed by atoms with Gasteiger partial charge in [0.1, 0.15) is 0 Å². The minimum Gasteiger partial charge on any atom is -0.338 e. The van der Waals surface area contributed by atoms with Crippen molar-refractivity contribution in [1.82, 2.24) is 9.21 Å². The molecular formula is C20H23N3O3S2. The number of nitrogens with zero attached hydrogens (tertiary/aromatic N) is 3. The van der Waals surface area contributed by atoms with E-state index >= 15 is 0 Å². The number of benzene rings is 1. The van der Waals surface area contributed by atoms with Crippen molar-refractivity contribution >= 4 is 27.3 Å². The summed E-state index contributed by atoms with van der Waals surface area (Å²) in [5.41, 5.74) is 0.422. The number of rotatable bonds is 5. The predicted molar refractivity (Wildman–Crippen MR) is 108 cm³/mol. The van der Waals surface area contributed by atoms with Crippen LogP contribution in [0.5, 0.6) is 0 Å². The van der Waals surface area contributed by atoms with Gasteiger partial charge in [-0.25, -0.2) is 8.42 Å². The van der Waals surface area contributed by atoms with Crippen molar-refractivity contribution in [3.8, 4) is 6.07 Å². The van der Waals surface area contributed by atoms with Crippen molar-refractivity contribution in [1.29, 1.82) is 5.26 Å². The Bertz CT molecular complexity index is 955. The summed E-state index contributed by atoms with van der Waals surface area (Å²) in [5, 5.41) is 10.9. The van der Waals surface area contributed by atoms with Gasteiger partial charge in [-0.2, -0.15) is 9.57 Å². The number of carbonyl (C=O) groups excluding carboxylic acids is 1. The number of amides is 1.